The molecular formula is C28H46N2O6. The molecule has 0 aliphatic carbocycles. The van der Waals surface area contributed by atoms with Crippen molar-refractivity contribution in [3.8, 4) is 0 Å². The van der Waals surface area contributed by atoms with E-state index in [4.69, 9.17) is 14.6 Å². The molecule has 1 N–H and O–H groups in total. The minimum Gasteiger partial charge on any atom is -0.466 e. The molecule has 6 atom stereocenters. The van der Waals surface area contributed by atoms with E-state index >= 15 is 0 Å². The zero-order valence-corrected chi connectivity index (χ0v) is 22.7. The summed E-state index contributed by atoms with van der Waals surface area (Å²) in [6.45, 7) is 13.0. The normalized spacial score (nSPS) is 31.4. The van der Waals surface area contributed by atoms with Crippen LogP contribution in [0.5, 0.6) is 0 Å². The molecule has 204 valence electrons. The SMILES string of the molecule is C=CCN(C(=O)C1N(CCCCCCO)C(=O)[C@@H]2[C@H](C(=O)OCC)[C@]3(CC)CCC12O3)C(C)CCC. The maximum Gasteiger partial charge on any atom is 0.312 e. The predicted octanol–water partition coefficient (Wildman–Crippen LogP) is 3.46. The van der Waals surface area contributed by atoms with Gasteiger partial charge in [0.1, 0.15) is 17.6 Å². The number of likely N-dealkylation sites (tertiary alicyclic amines) is 1. The van der Waals surface area contributed by atoms with Crippen LogP contribution >= 0.6 is 0 Å². The van der Waals surface area contributed by atoms with Gasteiger partial charge < -0.3 is 24.4 Å². The van der Waals surface area contributed by atoms with E-state index in [2.05, 4.69) is 13.5 Å². The van der Waals surface area contributed by atoms with Gasteiger partial charge in [-0.1, -0.05) is 39.2 Å². The maximum absolute atomic E-state index is 14.3. The van der Waals surface area contributed by atoms with Crippen LogP contribution in [0.1, 0.15) is 85.5 Å². The molecule has 8 nitrogen and oxygen atoms in total. The highest BCUT2D eigenvalue weighted by molar-refractivity contribution is 5.98. The Morgan fingerprint density at radius 1 is 1.25 bits per heavy atom. The van der Waals surface area contributed by atoms with Gasteiger partial charge in [-0.25, -0.2) is 0 Å². The van der Waals surface area contributed by atoms with Crippen LogP contribution in [0.2, 0.25) is 0 Å². The van der Waals surface area contributed by atoms with Gasteiger partial charge in [0.15, 0.2) is 0 Å². The Hall–Kier alpha value is -1.93. The van der Waals surface area contributed by atoms with Gasteiger partial charge in [-0.3, -0.25) is 14.4 Å². The van der Waals surface area contributed by atoms with Crippen molar-refractivity contribution >= 4 is 17.8 Å². The summed E-state index contributed by atoms with van der Waals surface area (Å²) < 4.78 is 12.2. The number of carbonyl (C=O) groups excluding carboxylic acids is 3. The summed E-state index contributed by atoms with van der Waals surface area (Å²) in [6.07, 6.45) is 8.49. The molecule has 0 saturated carbocycles. The molecule has 1 spiro atoms. The molecular weight excluding hydrogens is 460 g/mol. The van der Waals surface area contributed by atoms with Crippen LogP contribution < -0.4 is 0 Å². The van der Waals surface area contributed by atoms with Gasteiger partial charge in [0, 0.05) is 25.7 Å². The first kappa shape index (κ1) is 28.6. The van der Waals surface area contributed by atoms with Gasteiger partial charge in [-0.15, -0.1) is 6.58 Å². The lowest BCUT2D eigenvalue weighted by Crippen LogP contribution is -2.58. The lowest BCUT2D eigenvalue weighted by Gasteiger charge is -2.39. The van der Waals surface area contributed by atoms with Crippen LogP contribution in [0.15, 0.2) is 12.7 Å². The van der Waals surface area contributed by atoms with Crippen molar-refractivity contribution in [2.24, 2.45) is 11.8 Å². The van der Waals surface area contributed by atoms with Gasteiger partial charge in [0.25, 0.3) is 0 Å². The number of ether oxygens (including phenoxy) is 2. The van der Waals surface area contributed by atoms with Crippen LogP contribution in [0.4, 0.5) is 0 Å². The van der Waals surface area contributed by atoms with Crippen LogP contribution in [-0.4, -0.2) is 82.3 Å². The molecule has 3 unspecified atom stereocenters. The second kappa shape index (κ2) is 12.1. The summed E-state index contributed by atoms with van der Waals surface area (Å²) in [6, 6.07) is -0.767. The summed E-state index contributed by atoms with van der Waals surface area (Å²) in [5.41, 5.74) is -1.78. The van der Waals surface area contributed by atoms with Crippen LogP contribution in [0.3, 0.4) is 0 Å². The second-order valence-corrected chi connectivity index (χ2v) is 10.7. The topological polar surface area (TPSA) is 96.4 Å². The van der Waals surface area contributed by atoms with E-state index in [1.54, 1.807) is 17.9 Å². The molecule has 0 aromatic heterocycles. The number of hydrogen-bond acceptors (Lipinski definition) is 6. The van der Waals surface area contributed by atoms with Gasteiger partial charge in [0.05, 0.1) is 18.1 Å². The zero-order chi connectivity index (χ0) is 26.5. The van der Waals surface area contributed by atoms with Gasteiger partial charge in [-0.2, -0.15) is 0 Å². The number of esters is 1. The molecule has 0 radical (unpaired) electrons. The number of nitrogens with zero attached hydrogens (tertiary/aromatic N) is 2. The highest BCUT2D eigenvalue weighted by atomic mass is 16.6. The minimum atomic E-state index is -1.02. The number of amides is 2. The van der Waals surface area contributed by atoms with Crippen molar-refractivity contribution in [1.29, 1.82) is 0 Å². The fraction of sp³-hybridized carbons (Fsp3) is 0.821. The van der Waals surface area contributed by atoms with Crippen molar-refractivity contribution in [2.75, 3.05) is 26.3 Å². The molecule has 36 heavy (non-hydrogen) atoms. The molecule has 3 aliphatic heterocycles. The minimum absolute atomic E-state index is 0.00273. The van der Waals surface area contributed by atoms with Crippen molar-refractivity contribution in [3.05, 3.63) is 12.7 Å². The summed E-state index contributed by atoms with van der Waals surface area (Å²) in [5.74, 6) is -2.07. The summed E-state index contributed by atoms with van der Waals surface area (Å²) in [7, 11) is 0. The molecule has 0 aromatic carbocycles. The van der Waals surface area contributed by atoms with Crippen LogP contribution in [0.25, 0.3) is 0 Å². The van der Waals surface area contributed by atoms with E-state index in [1.807, 2.05) is 18.7 Å². The van der Waals surface area contributed by atoms with Crippen molar-refractivity contribution < 1.29 is 29.0 Å². The second-order valence-electron chi connectivity index (χ2n) is 10.7. The largest absolute Gasteiger partial charge is 0.466 e. The van der Waals surface area contributed by atoms with E-state index in [0.717, 1.165) is 38.5 Å². The Bertz CT molecular complexity index is 818. The Labute approximate surface area is 216 Å². The molecule has 3 heterocycles. The Morgan fingerprint density at radius 2 is 1.97 bits per heavy atom. The Balaban J connectivity index is 2.02. The number of unbranched alkanes of at least 4 members (excludes halogenated alkanes) is 3. The number of aliphatic hydroxyl groups excluding tert-OH is 1. The monoisotopic (exact) mass is 506 g/mol. The third-order valence-electron chi connectivity index (χ3n) is 8.61. The quantitative estimate of drug-likeness (QED) is 0.208. The predicted molar refractivity (Wildman–Crippen MR) is 137 cm³/mol. The molecule has 3 saturated heterocycles. The fourth-order valence-electron chi connectivity index (χ4n) is 6.93. The molecule has 3 rings (SSSR count). The molecule has 3 aliphatic rings. The van der Waals surface area contributed by atoms with E-state index in [1.165, 1.54) is 0 Å². The van der Waals surface area contributed by atoms with Crippen LogP contribution in [0, 0.1) is 11.8 Å². The third-order valence-corrected chi connectivity index (χ3v) is 8.61. The first-order chi connectivity index (χ1) is 17.3. The Morgan fingerprint density at radius 3 is 2.58 bits per heavy atom. The lowest BCUT2D eigenvalue weighted by molar-refractivity contribution is -0.162. The van der Waals surface area contributed by atoms with Gasteiger partial charge >= 0.3 is 5.97 Å². The molecule has 3 fully saturated rings. The standard InChI is InChI=1S/C28H46N2O6/c1-6-14-20(5)29(17-7-2)25(33)23-28-16-15-27(8-3,36-28)22(26(34)35-9-4)21(28)24(32)30(23)18-12-10-11-13-19-31/h7,20-23,31H,2,6,8-19H2,1,3-5H3/t20?,21-,22+,23?,27-,28?/m0/s1. The zero-order valence-electron chi connectivity index (χ0n) is 22.7. The number of carbonyl (C=O) groups is 3. The number of hydrogen-bond donors (Lipinski definition) is 1. The van der Waals surface area contributed by atoms with Crippen LogP contribution in [-0.2, 0) is 23.9 Å². The fourth-order valence-corrected chi connectivity index (χ4v) is 6.93. The van der Waals surface area contributed by atoms with E-state index in [9.17, 15) is 14.4 Å². The highest BCUT2D eigenvalue weighted by Crippen LogP contribution is 2.64. The van der Waals surface area contributed by atoms with Gasteiger partial charge in [0.2, 0.25) is 11.8 Å². The molecule has 0 aromatic rings. The average molecular weight is 507 g/mol. The summed E-state index contributed by atoms with van der Waals surface area (Å²) in [4.78, 5) is 45.1. The van der Waals surface area contributed by atoms with Crippen molar-refractivity contribution in [3.63, 3.8) is 0 Å². The Kier molecular flexibility index (Phi) is 9.61. The van der Waals surface area contributed by atoms with Crippen molar-refractivity contribution in [1.82, 2.24) is 9.80 Å². The average Bonchev–Trinajstić information content (AvgIpc) is 3.46. The smallest absolute Gasteiger partial charge is 0.312 e. The van der Waals surface area contributed by atoms with Gasteiger partial charge in [-0.05, 0) is 52.4 Å². The first-order valence-corrected chi connectivity index (χ1v) is 14.0. The number of fused-ring (bicyclic) bond motifs is 1. The number of rotatable bonds is 15. The molecule has 2 amide bonds. The third kappa shape index (κ3) is 4.83. The van der Waals surface area contributed by atoms with E-state index in [0.29, 0.717) is 32.4 Å². The van der Waals surface area contributed by atoms with E-state index < -0.39 is 35.0 Å². The van der Waals surface area contributed by atoms with Crippen molar-refractivity contribution in [2.45, 2.75) is 109 Å². The molecule has 2 bridgehead atoms. The number of aliphatic hydroxyl groups is 1. The summed E-state index contributed by atoms with van der Waals surface area (Å²) in [5, 5.41) is 9.11. The lowest BCUT2D eigenvalue weighted by atomic mass is 9.65. The first-order valence-electron chi connectivity index (χ1n) is 14.0. The molecule has 8 heteroatoms. The summed E-state index contributed by atoms with van der Waals surface area (Å²) >= 11 is 0. The highest BCUT2D eigenvalue weighted by Gasteiger charge is 2.79. The maximum atomic E-state index is 14.3. The van der Waals surface area contributed by atoms with E-state index in [-0.39, 0.29) is 31.1 Å².